The molecule has 0 atom stereocenters. The molecule has 0 bridgehead atoms. The number of morpholine rings is 1. The Morgan fingerprint density at radius 1 is 1.00 bits per heavy atom. The van der Waals surface area contributed by atoms with Gasteiger partial charge < -0.3 is 14.5 Å². The second-order valence-corrected chi connectivity index (χ2v) is 9.57. The Labute approximate surface area is 204 Å². The largest absolute Gasteiger partial charge is 0.378 e. The molecule has 6 heteroatoms. The first-order valence-corrected chi connectivity index (χ1v) is 12.2. The number of hydrogen-bond donors (Lipinski definition) is 0. The molecule has 2 heterocycles. The first-order valence-electron chi connectivity index (χ1n) is 11.4. The van der Waals surface area contributed by atoms with Gasteiger partial charge in [0.25, 0.3) is 11.8 Å². The van der Waals surface area contributed by atoms with Gasteiger partial charge in [-0.2, -0.15) is 0 Å². The maximum Gasteiger partial charge on any atom is 0.265 e. The van der Waals surface area contributed by atoms with Crippen LogP contribution in [0, 0.1) is 6.92 Å². The van der Waals surface area contributed by atoms with Gasteiger partial charge in [0.2, 0.25) is 0 Å². The molecule has 0 radical (unpaired) electrons. The summed E-state index contributed by atoms with van der Waals surface area (Å²) in [4.78, 5) is 32.1. The maximum absolute atomic E-state index is 13.7. The van der Waals surface area contributed by atoms with Crippen LogP contribution in [-0.4, -0.2) is 43.0 Å². The van der Waals surface area contributed by atoms with Crippen molar-refractivity contribution < 1.29 is 14.3 Å². The van der Waals surface area contributed by atoms with Crippen LogP contribution in [0.25, 0.3) is 6.08 Å². The van der Waals surface area contributed by atoms with E-state index in [2.05, 4.69) is 6.07 Å². The number of benzene rings is 3. The topological polar surface area (TPSA) is 49.9 Å². The molecule has 2 amide bonds. The molecule has 2 aliphatic rings. The lowest BCUT2D eigenvalue weighted by atomic mass is 10.1. The van der Waals surface area contributed by atoms with E-state index < -0.39 is 0 Å². The molecule has 34 heavy (non-hydrogen) atoms. The summed E-state index contributed by atoms with van der Waals surface area (Å²) in [6, 6.07) is 23.8. The predicted octanol–water partition coefficient (Wildman–Crippen LogP) is 5.15. The quantitative estimate of drug-likeness (QED) is 0.495. The Balaban J connectivity index is 1.53. The van der Waals surface area contributed by atoms with Crippen LogP contribution in [0.4, 0.5) is 5.69 Å². The van der Waals surface area contributed by atoms with Crippen molar-refractivity contribution >= 4 is 35.3 Å². The average molecular weight is 471 g/mol. The predicted molar refractivity (Wildman–Crippen MR) is 136 cm³/mol. The summed E-state index contributed by atoms with van der Waals surface area (Å²) in [5, 5.41) is 0. The van der Waals surface area contributed by atoms with Crippen LogP contribution in [0.15, 0.2) is 82.6 Å². The Morgan fingerprint density at radius 2 is 1.79 bits per heavy atom. The minimum absolute atomic E-state index is 0.0234. The summed E-state index contributed by atoms with van der Waals surface area (Å²) in [6.07, 6.45) is 1.94. The van der Waals surface area contributed by atoms with Crippen molar-refractivity contribution in [1.29, 1.82) is 0 Å². The fourth-order valence-corrected chi connectivity index (χ4v) is 5.28. The highest BCUT2D eigenvalue weighted by Gasteiger charge is 2.31. The third-order valence-electron chi connectivity index (χ3n) is 5.99. The molecule has 3 aromatic rings. The molecule has 2 aliphatic heterocycles. The van der Waals surface area contributed by atoms with Gasteiger partial charge in [0, 0.05) is 23.5 Å². The van der Waals surface area contributed by atoms with Crippen molar-refractivity contribution in [3.8, 4) is 0 Å². The molecule has 0 spiro atoms. The molecule has 5 nitrogen and oxygen atoms in total. The summed E-state index contributed by atoms with van der Waals surface area (Å²) >= 11 is 1.46. The summed E-state index contributed by atoms with van der Waals surface area (Å²) in [5.74, 6) is -0.0801. The zero-order valence-electron chi connectivity index (χ0n) is 19.1. The van der Waals surface area contributed by atoms with Crippen LogP contribution in [0.1, 0.15) is 27.0 Å². The summed E-state index contributed by atoms with van der Waals surface area (Å²) < 4.78 is 5.39. The first kappa shape index (κ1) is 22.4. The van der Waals surface area contributed by atoms with Gasteiger partial charge in [0.1, 0.15) is 0 Å². The number of ether oxygens (including phenoxy) is 1. The van der Waals surface area contributed by atoms with E-state index in [0.717, 1.165) is 27.3 Å². The zero-order chi connectivity index (χ0) is 23.5. The van der Waals surface area contributed by atoms with Gasteiger partial charge >= 0.3 is 0 Å². The number of amides is 2. The molecule has 0 aliphatic carbocycles. The third-order valence-corrected chi connectivity index (χ3v) is 7.07. The second kappa shape index (κ2) is 9.87. The molecule has 3 aromatic carbocycles. The monoisotopic (exact) mass is 470 g/mol. The van der Waals surface area contributed by atoms with Gasteiger partial charge in [0.15, 0.2) is 0 Å². The Kier molecular flexibility index (Phi) is 6.52. The van der Waals surface area contributed by atoms with Crippen molar-refractivity contribution in [1.82, 2.24) is 4.90 Å². The number of carbonyl (C=O) groups excluding carboxylic acids is 2. The number of anilines is 1. The summed E-state index contributed by atoms with van der Waals surface area (Å²) in [7, 11) is 0. The zero-order valence-corrected chi connectivity index (χ0v) is 19.9. The third kappa shape index (κ3) is 4.79. The number of thioether (sulfide) groups is 1. The van der Waals surface area contributed by atoms with E-state index in [9.17, 15) is 9.59 Å². The van der Waals surface area contributed by atoms with Crippen molar-refractivity contribution in [2.75, 3.05) is 31.2 Å². The molecule has 172 valence electrons. The molecule has 5 rings (SSSR count). The highest BCUT2D eigenvalue weighted by atomic mass is 32.2. The van der Waals surface area contributed by atoms with Crippen molar-refractivity contribution in [3.63, 3.8) is 0 Å². The standard InChI is InChI=1S/C28H26N2O3S/c1-20-6-5-9-22(16-20)19-30-24-18-23(27(31)29-12-14-33-15-13-29)10-11-25(24)34-26(28(30)32)17-21-7-3-2-4-8-21/h2-11,16-18H,12-15,19H2,1H3. The van der Waals surface area contributed by atoms with Crippen LogP contribution < -0.4 is 4.90 Å². The Morgan fingerprint density at radius 3 is 2.56 bits per heavy atom. The van der Waals surface area contributed by atoms with E-state index in [4.69, 9.17) is 4.74 Å². The van der Waals surface area contributed by atoms with Gasteiger partial charge in [-0.15, -0.1) is 0 Å². The maximum atomic E-state index is 13.7. The van der Waals surface area contributed by atoms with Gasteiger partial charge in [-0.3, -0.25) is 9.59 Å². The SMILES string of the molecule is Cc1cccc(CN2C(=O)C(=Cc3ccccc3)Sc3ccc(C(=O)N4CCOCC4)cc32)c1. The van der Waals surface area contributed by atoms with Gasteiger partial charge in [-0.1, -0.05) is 71.9 Å². The van der Waals surface area contributed by atoms with E-state index >= 15 is 0 Å². The van der Waals surface area contributed by atoms with Crippen LogP contribution in [0.2, 0.25) is 0 Å². The van der Waals surface area contributed by atoms with E-state index in [1.54, 1.807) is 4.90 Å². The highest BCUT2D eigenvalue weighted by molar-refractivity contribution is 8.04. The molecule has 1 saturated heterocycles. The molecule has 0 unspecified atom stereocenters. The number of hydrogen-bond acceptors (Lipinski definition) is 4. The molecule has 0 saturated carbocycles. The second-order valence-electron chi connectivity index (χ2n) is 8.49. The van der Waals surface area contributed by atoms with Gasteiger partial charge in [-0.25, -0.2) is 0 Å². The van der Waals surface area contributed by atoms with Gasteiger partial charge in [0.05, 0.1) is 30.4 Å². The molecule has 1 fully saturated rings. The Bertz CT molecular complexity index is 1250. The molecule has 0 N–H and O–H groups in total. The van der Waals surface area contributed by atoms with Crippen LogP contribution in [0.3, 0.4) is 0 Å². The van der Waals surface area contributed by atoms with Crippen LogP contribution >= 0.6 is 11.8 Å². The number of fused-ring (bicyclic) bond motifs is 1. The number of nitrogens with zero attached hydrogens (tertiary/aromatic N) is 2. The number of rotatable bonds is 4. The van der Waals surface area contributed by atoms with E-state index in [-0.39, 0.29) is 11.8 Å². The molecular weight excluding hydrogens is 444 g/mol. The lowest BCUT2D eigenvalue weighted by Crippen LogP contribution is -2.41. The lowest BCUT2D eigenvalue weighted by Gasteiger charge is -2.32. The van der Waals surface area contributed by atoms with Gasteiger partial charge in [-0.05, 0) is 42.3 Å². The highest BCUT2D eigenvalue weighted by Crippen LogP contribution is 2.43. The van der Waals surface area contributed by atoms with Crippen molar-refractivity contribution in [3.05, 3.63) is 100.0 Å². The van der Waals surface area contributed by atoms with E-state index in [0.29, 0.717) is 43.3 Å². The summed E-state index contributed by atoms with van der Waals surface area (Å²) in [6.45, 7) is 4.76. The first-order chi connectivity index (χ1) is 16.6. The molecule has 0 aromatic heterocycles. The average Bonchev–Trinajstić information content (AvgIpc) is 2.87. The number of carbonyl (C=O) groups is 2. The normalized spacial score (nSPS) is 17.1. The Hall–Kier alpha value is -3.35. The van der Waals surface area contributed by atoms with E-state index in [1.807, 2.05) is 84.6 Å². The fourth-order valence-electron chi connectivity index (χ4n) is 4.24. The fraction of sp³-hybridized carbons (Fsp3) is 0.214. The van der Waals surface area contributed by atoms with Crippen molar-refractivity contribution in [2.24, 2.45) is 0 Å². The number of aryl methyl sites for hydroxylation is 1. The minimum Gasteiger partial charge on any atom is -0.378 e. The van der Waals surface area contributed by atoms with Crippen LogP contribution in [-0.2, 0) is 16.1 Å². The van der Waals surface area contributed by atoms with E-state index in [1.165, 1.54) is 11.8 Å². The summed E-state index contributed by atoms with van der Waals surface area (Å²) in [5.41, 5.74) is 4.55. The molecular formula is C28H26N2O3S. The minimum atomic E-state index is -0.0566. The van der Waals surface area contributed by atoms with Crippen LogP contribution in [0.5, 0.6) is 0 Å². The lowest BCUT2D eigenvalue weighted by molar-refractivity contribution is -0.114. The smallest absolute Gasteiger partial charge is 0.265 e. The van der Waals surface area contributed by atoms with Crippen molar-refractivity contribution in [2.45, 2.75) is 18.4 Å².